The van der Waals surface area contributed by atoms with E-state index >= 15 is 0 Å². The van der Waals surface area contributed by atoms with Gasteiger partial charge in [0.15, 0.2) is 0 Å². The number of hydrazine groups is 1. The average Bonchev–Trinajstić information content (AvgIpc) is 2.77. The summed E-state index contributed by atoms with van der Waals surface area (Å²) in [6.45, 7) is 6.21. The SMILES string of the molecule is CCCn1ncc(Br)c1C(NN)C1CN(C)CCN1C. The molecule has 7 heteroatoms. The van der Waals surface area contributed by atoms with Crippen molar-refractivity contribution in [3.63, 3.8) is 0 Å². The second kappa shape index (κ2) is 7.00. The van der Waals surface area contributed by atoms with Gasteiger partial charge >= 0.3 is 0 Å². The molecule has 2 unspecified atom stereocenters. The molecule has 0 aromatic carbocycles. The van der Waals surface area contributed by atoms with Gasteiger partial charge in [-0.1, -0.05) is 6.92 Å². The Balaban J connectivity index is 2.29. The maximum absolute atomic E-state index is 5.88. The molecule has 3 N–H and O–H groups in total. The first-order valence-electron chi connectivity index (χ1n) is 7.14. The fraction of sp³-hybridized carbons (Fsp3) is 0.769. The van der Waals surface area contributed by atoms with E-state index in [1.165, 1.54) is 0 Å². The Morgan fingerprint density at radius 2 is 2.25 bits per heavy atom. The van der Waals surface area contributed by atoms with Crippen LogP contribution in [0.3, 0.4) is 0 Å². The molecule has 0 spiro atoms. The monoisotopic (exact) mass is 344 g/mol. The highest BCUT2D eigenvalue weighted by Gasteiger charge is 2.33. The lowest BCUT2D eigenvalue weighted by atomic mass is 10.0. The van der Waals surface area contributed by atoms with Gasteiger partial charge in [0.2, 0.25) is 0 Å². The molecular weight excluding hydrogens is 320 g/mol. The quantitative estimate of drug-likeness (QED) is 0.611. The number of piperazine rings is 1. The van der Waals surface area contributed by atoms with E-state index in [0.717, 1.165) is 42.8 Å². The van der Waals surface area contributed by atoms with Crippen molar-refractivity contribution in [3.05, 3.63) is 16.4 Å². The lowest BCUT2D eigenvalue weighted by Crippen LogP contribution is -2.56. The van der Waals surface area contributed by atoms with Gasteiger partial charge in [0.1, 0.15) is 0 Å². The smallest absolute Gasteiger partial charge is 0.0807 e. The highest BCUT2D eigenvalue weighted by molar-refractivity contribution is 9.10. The topological polar surface area (TPSA) is 62.4 Å². The van der Waals surface area contributed by atoms with Gasteiger partial charge < -0.3 is 4.90 Å². The normalized spacial score (nSPS) is 23.1. The fourth-order valence-electron chi connectivity index (χ4n) is 2.85. The second-order valence-electron chi connectivity index (χ2n) is 5.56. The van der Waals surface area contributed by atoms with Crippen LogP contribution in [0, 0.1) is 0 Å². The molecule has 6 nitrogen and oxygen atoms in total. The summed E-state index contributed by atoms with van der Waals surface area (Å²) in [7, 11) is 4.32. The van der Waals surface area contributed by atoms with E-state index in [-0.39, 0.29) is 6.04 Å². The molecule has 2 atom stereocenters. The van der Waals surface area contributed by atoms with Crippen LogP contribution >= 0.6 is 15.9 Å². The molecule has 1 aromatic heterocycles. The lowest BCUT2D eigenvalue weighted by Gasteiger charge is -2.41. The Morgan fingerprint density at radius 1 is 1.50 bits per heavy atom. The van der Waals surface area contributed by atoms with Gasteiger partial charge in [-0.15, -0.1) is 0 Å². The summed E-state index contributed by atoms with van der Waals surface area (Å²) in [4.78, 5) is 4.73. The van der Waals surface area contributed by atoms with Crippen molar-refractivity contribution in [1.82, 2.24) is 25.0 Å². The Kier molecular flexibility index (Phi) is 5.57. The maximum Gasteiger partial charge on any atom is 0.0807 e. The number of nitrogens with zero attached hydrogens (tertiary/aromatic N) is 4. The zero-order valence-corrected chi connectivity index (χ0v) is 14.1. The number of hydrogen-bond donors (Lipinski definition) is 2. The third-order valence-corrected chi connectivity index (χ3v) is 4.64. The van der Waals surface area contributed by atoms with Crippen molar-refractivity contribution >= 4 is 15.9 Å². The van der Waals surface area contributed by atoms with E-state index in [4.69, 9.17) is 5.84 Å². The summed E-state index contributed by atoms with van der Waals surface area (Å²) in [6.07, 6.45) is 2.92. The van der Waals surface area contributed by atoms with Crippen LogP contribution in [-0.2, 0) is 6.54 Å². The summed E-state index contributed by atoms with van der Waals surface area (Å²) in [5.74, 6) is 5.88. The van der Waals surface area contributed by atoms with Crippen LogP contribution in [0.5, 0.6) is 0 Å². The van der Waals surface area contributed by atoms with Crippen LogP contribution < -0.4 is 11.3 Å². The van der Waals surface area contributed by atoms with E-state index in [1.807, 2.05) is 6.20 Å². The van der Waals surface area contributed by atoms with Crippen molar-refractivity contribution in [3.8, 4) is 0 Å². The summed E-state index contributed by atoms with van der Waals surface area (Å²) in [6, 6.07) is 0.397. The van der Waals surface area contributed by atoms with Gasteiger partial charge in [-0.2, -0.15) is 5.10 Å². The van der Waals surface area contributed by atoms with Crippen molar-refractivity contribution in [1.29, 1.82) is 0 Å². The number of halogens is 1. The number of nitrogens with one attached hydrogen (secondary N) is 1. The number of aromatic nitrogens is 2. The van der Waals surface area contributed by atoms with Gasteiger partial charge in [-0.3, -0.25) is 15.4 Å². The summed E-state index contributed by atoms with van der Waals surface area (Å²) >= 11 is 3.62. The average molecular weight is 345 g/mol. The molecule has 1 aliphatic heterocycles. The molecule has 0 bridgehead atoms. The highest BCUT2D eigenvalue weighted by atomic mass is 79.9. The van der Waals surface area contributed by atoms with Crippen molar-refractivity contribution in [2.24, 2.45) is 5.84 Å². The highest BCUT2D eigenvalue weighted by Crippen LogP contribution is 2.28. The molecule has 1 aliphatic rings. The van der Waals surface area contributed by atoms with Crippen molar-refractivity contribution < 1.29 is 0 Å². The van der Waals surface area contributed by atoms with Gasteiger partial charge in [0, 0.05) is 32.2 Å². The zero-order valence-electron chi connectivity index (χ0n) is 12.5. The standard InChI is InChI=1S/C13H25BrN6/c1-4-5-20-13(10(14)8-16-20)12(17-15)11-9-18(2)6-7-19(11)3/h8,11-12,17H,4-7,9,15H2,1-3H3. The van der Waals surface area contributed by atoms with E-state index in [0.29, 0.717) is 6.04 Å². The molecular formula is C13H25BrN6. The first-order chi connectivity index (χ1) is 9.58. The molecule has 1 fully saturated rings. The first kappa shape index (κ1) is 15.9. The molecule has 1 saturated heterocycles. The van der Waals surface area contributed by atoms with Gasteiger partial charge in [-0.25, -0.2) is 5.43 Å². The van der Waals surface area contributed by atoms with Crippen molar-refractivity contribution in [2.75, 3.05) is 33.7 Å². The molecule has 0 saturated carbocycles. The summed E-state index contributed by atoms with van der Waals surface area (Å²) < 4.78 is 3.08. The second-order valence-corrected chi connectivity index (χ2v) is 6.41. The molecule has 1 aromatic rings. The minimum Gasteiger partial charge on any atom is -0.303 e. The van der Waals surface area contributed by atoms with E-state index in [2.05, 4.69) is 62.0 Å². The number of hydrogen-bond acceptors (Lipinski definition) is 5. The summed E-state index contributed by atoms with van der Waals surface area (Å²) in [5.41, 5.74) is 4.15. The number of nitrogens with two attached hydrogens (primary N) is 1. The third kappa shape index (κ3) is 3.23. The minimum absolute atomic E-state index is 0.0613. The Hall–Kier alpha value is -0.470. The molecule has 20 heavy (non-hydrogen) atoms. The third-order valence-electron chi connectivity index (χ3n) is 4.03. The van der Waals surface area contributed by atoms with Gasteiger partial charge in [0.25, 0.3) is 0 Å². The van der Waals surface area contributed by atoms with Crippen LogP contribution in [0.15, 0.2) is 10.7 Å². The Morgan fingerprint density at radius 3 is 2.90 bits per heavy atom. The fourth-order valence-corrected chi connectivity index (χ4v) is 3.39. The van der Waals surface area contributed by atoms with Gasteiger partial charge in [-0.05, 0) is 36.4 Å². The van der Waals surface area contributed by atoms with Crippen LogP contribution in [-0.4, -0.2) is 59.4 Å². The first-order valence-corrected chi connectivity index (χ1v) is 7.93. The minimum atomic E-state index is 0.0613. The van der Waals surface area contributed by atoms with E-state index in [1.54, 1.807) is 0 Å². The largest absolute Gasteiger partial charge is 0.303 e. The summed E-state index contributed by atoms with van der Waals surface area (Å²) in [5, 5.41) is 4.46. The van der Waals surface area contributed by atoms with Crippen LogP contribution in [0.4, 0.5) is 0 Å². The molecule has 0 aliphatic carbocycles. The van der Waals surface area contributed by atoms with E-state index < -0.39 is 0 Å². The molecule has 114 valence electrons. The van der Waals surface area contributed by atoms with Gasteiger partial charge in [0.05, 0.1) is 22.4 Å². The maximum atomic E-state index is 5.88. The number of rotatable bonds is 5. The Labute approximate surface area is 129 Å². The number of likely N-dealkylation sites (N-methyl/N-ethyl adjacent to an activating group) is 2. The number of aryl methyl sites for hydroxylation is 1. The predicted octanol–water partition coefficient (Wildman–Crippen LogP) is 0.806. The predicted molar refractivity (Wildman–Crippen MR) is 84.2 cm³/mol. The molecule has 2 rings (SSSR count). The zero-order chi connectivity index (χ0) is 14.7. The molecule has 2 heterocycles. The van der Waals surface area contributed by atoms with E-state index in [9.17, 15) is 0 Å². The lowest BCUT2D eigenvalue weighted by molar-refractivity contribution is 0.0850. The van der Waals surface area contributed by atoms with Crippen molar-refractivity contribution in [2.45, 2.75) is 32.0 Å². The Bertz CT molecular complexity index is 434. The van der Waals surface area contributed by atoms with Crippen LogP contribution in [0.1, 0.15) is 25.1 Å². The van der Waals surface area contributed by atoms with Crippen LogP contribution in [0.25, 0.3) is 0 Å². The molecule has 0 radical (unpaired) electrons. The molecule has 0 amide bonds. The van der Waals surface area contributed by atoms with Crippen LogP contribution in [0.2, 0.25) is 0 Å².